The molecule has 1 N–H and O–H groups in total. The third kappa shape index (κ3) is 3.17. The topological polar surface area (TPSA) is 50.7 Å². The Labute approximate surface area is 115 Å². The van der Waals surface area contributed by atoms with Gasteiger partial charge in [-0.1, -0.05) is 36.3 Å². The summed E-state index contributed by atoms with van der Waals surface area (Å²) in [5.74, 6) is 1.49. The second kappa shape index (κ2) is 6.11. The van der Waals surface area contributed by atoms with Crippen LogP contribution in [0.2, 0.25) is 4.34 Å². The number of aromatic nitrogens is 3. The van der Waals surface area contributed by atoms with E-state index in [9.17, 15) is 0 Å². The summed E-state index contributed by atoms with van der Waals surface area (Å²) in [5.41, 5.74) is 1.03. The standard InChI is InChI=1S/C12H15ClN4S/c1-3-5-8-6-10(14-4-2)17-11(16-8)12-15-7-9(13)18-12/h6-7H,3-5H2,1-2H3,(H,14,16,17). The van der Waals surface area contributed by atoms with Crippen molar-refractivity contribution < 1.29 is 0 Å². The van der Waals surface area contributed by atoms with E-state index < -0.39 is 0 Å². The van der Waals surface area contributed by atoms with Gasteiger partial charge < -0.3 is 5.32 Å². The lowest BCUT2D eigenvalue weighted by Crippen LogP contribution is -2.04. The van der Waals surface area contributed by atoms with Crippen molar-refractivity contribution in [3.05, 3.63) is 22.3 Å². The fourth-order valence-corrected chi connectivity index (χ4v) is 2.45. The molecule has 0 fully saturated rings. The summed E-state index contributed by atoms with van der Waals surface area (Å²) in [6.45, 7) is 5.01. The molecule has 0 saturated heterocycles. The lowest BCUT2D eigenvalue weighted by Gasteiger charge is -2.06. The first-order chi connectivity index (χ1) is 8.72. The molecule has 2 heterocycles. The fourth-order valence-electron chi connectivity index (χ4n) is 1.61. The number of nitrogens with one attached hydrogen (secondary N) is 1. The Hall–Kier alpha value is -1.20. The zero-order chi connectivity index (χ0) is 13.0. The number of halogens is 1. The number of hydrogen-bond donors (Lipinski definition) is 1. The van der Waals surface area contributed by atoms with Gasteiger partial charge in [-0.3, -0.25) is 0 Å². The minimum atomic E-state index is 0.647. The highest BCUT2D eigenvalue weighted by Gasteiger charge is 2.10. The van der Waals surface area contributed by atoms with Gasteiger partial charge in [0.1, 0.15) is 10.2 Å². The summed E-state index contributed by atoms with van der Waals surface area (Å²) in [5, 5.41) is 3.98. The summed E-state index contributed by atoms with van der Waals surface area (Å²) in [6, 6.07) is 1.99. The van der Waals surface area contributed by atoms with Crippen LogP contribution in [0, 0.1) is 0 Å². The van der Waals surface area contributed by atoms with E-state index in [-0.39, 0.29) is 0 Å². The van der Waals surface area contributed by atoms with Crippen molar-refractivity contribution in [1.29, 1.82) is 0 Å². The Balaban J connectivity index is 2.39. The molecule has 0 aliphatic carbocycles. The van der Waals surface area contributed by atoms with E-state index in [2.05, 4.69) is 27.2 Å². The SMILES string of the molecule is CCCc1cc(NCC)nc(-c2ncc(Cl)s2)n1. The Bertz CT molecular complexity index is 502. The predicted octanol–water partition coefficient (Wildman–Crippen LogP) is 3.64. The van der Waals surface area contributed by atoms with Gasteiger partial charge in [0, 0.05) is 18.3 Å². The number of aryl methyl sites for hydroxylation is 1. The zero-order valence-corrected chi connectivity index (χ0v) is 12.0. The number of nitrogens with zero attached hydrogens (tertiary/aromatic N) is 3. The van der Waals surface area contributed by atoms with Gasteiger partial charge in [0.05, 0.1) is 6.20 Å². The van der Waals surface area contributed by atoms with Crippen LogP contribution in [-0.2, 0) is 6.42 Å². The molecule has 0 radical (unpaired) electrons. The highest BCUT2D eigenvalue weighted by molar-refractivity contribution is 7.18. The molecule has 96 valence electrons. The molecule has 6 heteroatoms. The van der Waals surface area contributed by atoms with E-state index in [0.29, 0.717) is 10.2 Å². The monoisotopic (exact) mass is 282 g/mol. The van der Waals surface area contributed by atoms with Crippen LogP contribution < -0.4 is 5.32 Å². The molecule has 0 aliphatic heterocycles. The third-order valence-corrected chi connectivity index (χ3v) is 3.42. The van der Waals surface area contributed by atoms with Crippen molar-refractivity contribution in [3.63, 3.8) is 0 Å². The molecule has 0 bridgehead atoms. The molecular weight excluding hydrogens is 268 g/mol. The second-order valence-corrected chi connectivity index (χ2v) is 5.48. The molecule has 2 aromatic heterocycles. The van der Waals surface area contributed by atoms with E-state index in [4.69, 9.17) is 11.6 Å². The van der Waals surface area contributed by atoms with E-state index in [1.165, 1.54) is 11.3 Å². The van der Waals surface area contributed by atoms with Crippen LogP contribution in [0.5, 0.6) is 0 Å². The van der Waals surface area contributed by atoms with Crippen LogP contribution in [0.3, 0.4) is 0 Å². The highest BCUT2D eigenvalue weighted by atomic mass is 35.5. The molecule has 2 rings (SSSR count). The number of thiazole rings is 1. The Kier molecular flexibility index (Phi) is 4.49. The zero-order valence-electron chi connectivity index (χ0n) is 10.4. The average Bonchev–Trinajstić information content (AvgIpc) is 2.76. The molecule has 0 aromatic carbocycles. The van der Waals surface area contributed by atoms with Gasteiger partial charge in [-0.2, -0.15) is 0 Å². The minimum Gasteiger partial charge on any atom is -0.370 e. The summed E-state index contributed by atoms with van der Waals surface area (Å²) in [6.07, 6.45) is 3.62. The largest absolute Gasteiger partial charge is 0.370 e. The Morgan fingerprint density at radius 2 is 2.17 bits per heavy atom. The summed E-state index contributed by atoms with van der Waals surface area (Å²) < 4.78 is 0.652. The molecule has 4 nitrogen and oxygen atoms in total. The van der Waals surface area contributed by atoms with Gasteiger partial charge in [0.2, 0.25) is 0 Å². The van der Waals surface area contributed by atoms with E-state index in [1.807, 2.05) is 13.0 Å². The van der Waals surface area contributed by atoms with Gasteiger partial charge in [-0.25, -0.2) is 15.0 Å². The first kappa shape index (κ1) is 13.2. The molecular formula is C12H15ClN4S. The van der Waals surface area contributed by atoms with E-state index in [1.54, 1.807) is 6.20 Å². The molecule has 0 saturated carbocycles. The van der Waals surface area contributed by atoms with Crippen molar-refractivity contribution in [3.8, 4) is 10.8 Å². The van der Waals surface area contributed by atoms with E-state index in [0.717, 1.165) is 35.9 Å². The van der Waals surface area contributed by atoms with Crippen LogP contribution in [0.25, 0.3) is 10.8 Å². The minimum absolute atomic E-state index is 0.647. The maximum Gasteiger partial charge on any atom is 0.190 e. The van der Waals surface area contributed by atoms with Crippen molar-refractivity contribution in [2.45, 2.75) is 26.7 Å². The molecule has 2 aromatic rings. The number of anilines is 1. The van der Waals surface area contributed by atoms with E-state index >= 15 is 0 Å². The number of rotatable bonds is 5. The van der Waals surface area contributed by atoms with Crippen LogP contribution >= 0.6 is 22.9 Å². The summed E-state index contributed by atoms with van der Waals surface area (Å²) in [4.78, 5) is 13.2. The fraction of sp³-hybridized carbons (Fsp3) is 0.417. The van der Waals surface area contributed by atoms with Crippen LogP contribution in [0.4, 0.5) is 5.82 Å². The first-order valence-electron chi connectivity index (χ1n) is 5.96. The lowest BCUT2D eigenvalue weighted by molar-refractivity contribution is 0.874. The molecule has 0 amide bonds. The van der Waals surface area contributed by atoms with Crippen LogP contribution in [0.1, 0.15) is 26.0 Å². The lowest BCUT2D eigenvalue weighted by atomic mass is 10.2. The molecule has 0 atom stereocenters. The maximum atomic E-state index is 5.90. The smallest absolute Gasteiger partial charge is 0.190 e. The van der Waals surface area contributed by atoms with Crippen LogP contribution in [0.15, 0.2) is 12.3 Å². The average molecular weight is 283 g/mol. The first-order valence-corrected chi connectivity index (χ1v) is 7.16. The van der Waals surface area contributed by atoms with Gasteiger partial charge in [0.25, 0.3) is 0 Å². The summed E-state index contributed by atoms with van der Waals surface area (Å²) >= 11 is 7.29. The molecule has 0 spiro atoms. The molecule has 0 aliphatic rings. The summed E-state index contributed by atoms with van der Waals surface area (Å²) in [7, 11) is 0. The predicted molar refractivity (Wildman–Crippen MR) is 76.3 cm³/mol. The van der Waals surface area contributed by atoms with Gasteiger partial charge in [-0.05, 0) is 13.3 Å². The van der Waals surface area contributed by atoms with Crippen molar-refractivity contribution >= 4 is 28.8 Å². The van der Waals surface area contributed by atoms with Crippen molar-refractivity contribution in [2.24, 2.45) is 0 Å². The van der Waals surface area contributed by atoms with Crippen LogP contribution in [-0.4, -0.2) is 21.5 Å². The second-order valence-electron chi connectivity index (χ2n) is 3.82. The van der Waals surface area contributed by atoms with Crippen molar-refractivity contribution in [1.82, 2.24) is 15.0 Å². The quantitative estimate of drug-likeness (QED) is 0.910. The maximum absolute atomic E-state index is 5.90. The van der Waals surface area contributed by atoms with Gasteiger partial charge in [0.15, 0.2) is 10.8 Å². The normalized spacial score (nSPS) is 10.6. The molecule has 18 heavy (non-hydrogen) atoms. The van der Waals surface area contributed by atoms with Gasteiger partial charge in [-0.15, -0.1) is 0 Å². The Morgan fingerprint density at radius 3 is 2.78 bits per heavy atom. The van der Waals surface area contributed by atoms with Gasteiger partial charge >= 0.3 is 0 Å². The third-order valence-electron chi connectivity index (χ3n) is 2.31. The van der Waals surface area contributed by atoms with Crippen molar-refractivity contribution in [2.75, 3.05) is 11.9 Å². The highest BCUT2D eigenvalue weighted by Crippen LogP contribution is 2.26. The number of hydrogen-bond acceptors (Lipinski definition) is 5. The Morgan fingerprint density at radius 1 is 1.33 bits per heavy atom. The molecule has 0 unspecified atom stereocenters.